The van der Waals surface area contributed by atoms with E-state index >= 15 is 0 Å². The molecule has 1 aromatic carbocycles. The molecule has 2 rings (SSSR count). The molecule has 18 heavy (non-hydrogen) atoms. The SMILES string of the molecule is CCC(C)C(O)C1(c2ccccc2)CCCCC1. The van der Waals surface area contributed by atoms with Crippen LogP contribution in [-0.2, 0) is 5.41 Å². The van der Waals surface area contributed by atoms with E-state index in [4.69, 9.17) is 0 Å². The second-order valence-corrected chi connectivity index (χ2v) is 5.91. The third-order valence-corrected chi connectivity index (χ3v) is 4.84. The van der Waals surface area contributed by atoms with Gasteiger partial charge >= 0.3 is 0 Å². The third kappa shape index (κ3) is 2.47. The van der Waals surface area contributed by atoms with Gasteiger partial charge in [-0.25, -0.2) is 0 Å². The molecule has 1 aliphatic carbocycles. The smallest absolute Gasteiger partial charge is 0.0662 e. The first-order valence-corrected chi connectivity index (χ1v) is 7.44. The highest BCUT2D eigenvalue weighted by molar-refractivity contribution is 5.28. The molecule has 0 radical (unpaired) electrons. The average molecular weight is 246 g/mol. The van der Waals surface area contributed by atoms with Gasteiger partial charge in [-0.05, 0) is 24.3 Å². The van der Waals surface area contributed by atoms with Crippen LogP contribution in [0.4, 0.5) is 0 Å². The lowest BCUT2D eigenvalue weighted by atomic mass is 9.63. The van der Waals surface area contributed by atoms with E-state index in [9.17, 15) is 5.11 Å². The van der Waals surface area contributed by atoms with Crippen LogP contribution in [0.3, 0.4) is 0 Å². The lowest BCUT2D eigenvalue weighted by Crippen LogP contribution is -2.44. The van der Waals surface area contributed by atoms with Gasteiger partial charge in [0.2, 0.25) is 0 Å². The second-order valence-electron chi connectivity index (χ2n) is 5.91. The van der Waals surface area contributed by atoms with Crippen LogP contribution in [0.1, 0.15) is 57.9 Å². The van der Waals surface area contributed by atoms with Crippen LogP contribution in [0, 0.1) is 5.92 Å². The van der Waals surface area contributed by atoms with Crippen LogP contribution in [0.2, 0.25) is 0 Å². The van der Waals surface area contributed by atoms with Crippen LogP contribution in [-0.4, -0.2) is 11.2 Å². The fraction of sp³-hybridized carbons (Fsp3) is 0.647. The van der Waals surface area contributed by atoms with Crippen molar-refractivity contribution in [3.05, 3.63) is 35.9 Å². The van der Waals surface area contributed by atoms with Crippen LogP contribution >= 0.6 is 0 Å². The van der Waals surface area contributed by atoms with Gasteiger partial charge < -0.3 is 5.11 Å². The van der Waals surface area contributed by atoms with E-state index in [1.54, 1.807) is 0 Å². The molecule has 0 aliphatic heterocycles. The van der Waals surface area contributed by atoms with Crippen molar-refractivity contribution in [2.75, 3.05) is 0 Å². The van der Waals surface area contributed by atoms with Gasteiger partial charge in [0.25, 0.3) is 0 Å². The fourth-order valence-corrected chi connectivity index (χ4v) is 3.48. The summed E-state index contributed by atoms with van der Waals surface area (Å²) >= 11 is 0. The maximum absolute atomic E-state index is 10.8. The Morgan fingerprint density at radius 2 is 1.72 bits per heavy atom. The summed E-state index contributed by atoms with van der Waals surface area (Å²) in [6, 6.07) is 10.7. The van der Waals surface area contributed by atoms with Crippen molar-refractivity contribution in [2.45, 2.75) is 63.9 Å². The van der Waals surface area contributed by atoms with Gasteiger partial charge in [-0.2, -0.15) is 0 Å². The van der Waals surface area contributed by atoms with Crippen molar-refractivity contribution < 1.29 is 5.11 Å². The van der Waals surface area contributed by atoms with Gasteiger partial charge in [-0.1, -0.05) is 69.9 Å². The number of hydrogen-bond acceptors (Lipinski definition) is 1. The fourth-order valence-electron chi connectivity index (χ4n) is 3.48. The topological polar surface area (TPSA) is 20.2 Å². The van der Waals surface area contributed by atoms with Crippen LogP contribution in [0.15, 0.2) is 30.3 Å². The minimum absolute atomic E-state index is 0.00887. The number of aliphatic hydroxyl groups is 1. The molecule has 0 heterocycles. The Morgan fingerprint density at radius 1 is 1.11 bits per heavy atom. The lowest BCUT2D eigenvalue weighted by Gasteiger charge is -2.44. The van der Waals surface area contributed by atoms with Gasteiger partial charge in [0.15, 0.2) is 0 Å². The predicted octanol–water partition coefficient (Wildman–Crippen LogP) is 4.30. The Bertz CT molecular complexity index is 351. The van der Waals surface area contributed by atoms with Crippen molar-refractivity contribution in [3.8, 4) is 0 Å². The van der Waals surface area contributed by atoms with Gasteiger partial charge in [-0.3, -0.25) is 0 Å². The zero-order chi connectivity index (χ0) is 13.0. The molecule has 0 aromatic heterocycles. The summed E-state index contributed by atoms with van der Waals surface area (Å²) in [5.41, 5.74) is 1.35. The van der Waals surface area contributed by atoms with Crippen molar-refractivity contribution >= 4 is 0 Å². The molecule has 1 aliphatic rings. The first-order chi connectivity index (χ1) is 8.70. The van der Waals surface area contributed by atoms with E-state index in [-0.39, 0.29) is 11.5 Å². The van der Waals surface area contributed by atoms with Gasteiger partial charge in [-0.15, -0.1) is 0 Å². The normalized spacial score (nSPS) is 22.4. The molecule has 1 nitrogen and oxygen atoms in total. The van der Waals surface area contributed by atoms with E-state index in [2.05, 4.69) is 44.2 Å². The largest absolute Gasteiger partial charge is 0.392 e. The van der Waals surface area contributed by atoms with Crippen molar-refractivity contribution in [2.24, 2.45) is 5.92 Å². The molecule has 0 amide bonds. The third-order valence-electron chi connectivity index (χ3n) is 4.84. The molecule has 1 fully saturated rings. The Morgan fingerprint density at radius 3 is 2.28 bits per heavy atom. The maximum Gasteiger partial charge on any atom is 0.0662 e. The predicted molar refractivity (Wildman–Crippen MR) is 76.7 cm³/mol. The summed E-state index contributed by atoms with van der Waals surface area (Å²) in [7, 11) is 0. The number of hydrogen-bond donors (Lipinski definition) is 1. The average Bonchev–Trinajstić information content (AvgIpc) is 2.47. The first-order valence-electron chi connectivity index (χ1n) is 7.44. The molecule has 1 heteroatoms. The summed E-state index contributed by atoms with van der Waals surface area (Å²) in [5, 5.41) is 10.8. The number of rotatable bonds is 4. The lowest BCUT2D eigenvalue weighted by molar-refractivity contribution is 0.0118. The minimum Gasteiger partial charge on any atom is -0.392 e. The summed E-state index contributed by atoms with van der Waals surface area (Å²) in [6.07, 6.45) is 6.96. The molecule has 0 saturated heterocycles. The quantitative estimate of drug-likeness (QED) is 0.840. The summed E-state index contributed by atoms with van der Waals surface area (Å²) < 4.78 is 0. The minimum atomic E-state index is -0.204. The van der Waals surface area contributed by atoms with E-state index in [1.165, 1.54) is 24.8 Å². The van der Waals surface area contributed by atoms with Gasteiger partial charge in [0.05, 0.1) is 6.10 Å². The molecule has 1 aromatic rings. The first kappa shape index (κ1) is 13.6. The Kier molecular flexibility index (Phi) is 4.45. The molecule has 2 atom stereocenters. The van der Waals surface area contributed by atoms with E-state index in [1.807, 2.05) is 0 Å². The highest BCUT2D eigenvalue weighted by Crippen LogP contribution is 2.44. The summed E-state index contributed by atoms with van der Waals surface area (Å²) in [5.74, 6) is 0.378. The van der Waals surface area contributed by atoms with E-state index in [0.717, 1.165) is 19.3 Å². The Balaban J connectivity index is 2.34. The molecule has 100 valence electrons. The standard InChI is InChI=1S/C17H26O/c1-3-14(2)16(18)17(12-8-5-9-13-17)15-10-6-4-7-11-15/h4,6-7,10-11,14,16,18H,3,5,8-9,12-13H2,1-2H3. The molecular weight excluding hydrogens is 220 g/mol. The van der Waals surface area contributed by atoms with Crippen LogP contribution in [0.25, 0.3) is 0 Å². The second kappa shape index (κ2) is 5.88. The highest BCUT2D eigenvalue weighted by atomic mass is 16.3. The van der Waals surface area contributed by atoms with Crippen molar-refractivity contribution in [3.63, 3.8) is 0 Å². The number of aliphatic hydroxyl groups excluding tert-OH is 1. The zero-order valence-electron chi connectivity index (χ0n) is 11.7. The Hall–Kier alpha value is -0.820. The van der Waals surface area contributed by atoms with E-state index < -0.39 is 0 Å². The van der Waals surface area contributed by atoms with E-state index in [0.29, 0.717) is 5.92 Å². The van der Waals surface area contributed by atoms with Gasteiger partial charge in [0, 0.05) is 5.41 Å². The van der Waals surface area contributed by atoms with Crippen LogP contribution < -0.4 is 0 Å². The number of benzene rings is 1. The monoisotopic (exact) mass is 246 g/mol. The highest BCUT2D eigenvalue weighted by Gasteiger charge is 2.42. The molecule has 2 unspecified atom stereocenters. The molecule has 0 bridgehead atoms. The molecule has 1 N–H and O–H groups in total. The maximum atomic E-state index is 10.8. The van der Waals surface area contributed by atoms with Crippen LogP contribution in [0.5, 0.6) is 0 Å². The summed E-state index contributed by atoms with van der Waals surface area (Å²) in [4.78, 5) is 0. The molecular formula is C17H26O. The zero-order valence-corrected chi connectivity index (χ0v) is 11.7. The van der Waals surface area contributed by atoms with Gasteiger partial charge in [0.1, 0.15) is 0 Å². The van der Waals surface area contributed by atoms with Crippen molar-refractivity contribution in [1.82, 2.24) is 0 Å². The molecule has 1 saturated carbocycles. The molecule has 0 spiro atoms. The summed E-state index contributed by atoms with van der Waals surface area (Å²) in [6.45, 7) is 4.36. The Labute approximate surface area is 111 Å². The van der Waals surface area contributed by atoms with Crippen molar-refractivity contribution in [1.29, 1.82) is 0 Å².